The smallest absolute Gasteiger partial charge is 0.416 e. The van der Waals surface area contributed by atoms with Gasteiger partial charge in [-0.25, -0.2) is 9.37 Å². The molecule has 1 N–H and O–H groups in total. The molecule has 0 atom stereocenters. The Balaban J connectivity index is 1.45. The van der Waals surface area contributed by atoms with Crippen LogP contribution in [0.3, 0.4) is 0 Å². The number of carboxylic acid groups (broad SMARTS) is 1. The van der Waals surface area contributed by atoms with Gasteiger partial charge in [-0.15, -0.1) is 0 Å². The number of rotatable bonds is 9. The maximum atomic E-state index is 14.3. The molecular weight excluding hydrogens is 562 g/mol. The Labute approximate surface area is 245 Å². The number of carboxylic acids is 1. The lowest BCUT2D eigenvalue weighted by atomic mass is 9.89. The van der Waals surface area contributed by atoms with E-state index >= 15 is 0 Å². The van der Waals surface area contributed by atoms with Crippen LogP contribution in [-0.2, 0) is 30.5 Å². The van der Waals surface area contributed by atoms with Gasteiger partial charge in [-0.1, -0.05) is 36.4 Å². The van der Waals surface area contributed by atoms with E-state index in [1.807, 2.05) is 28.8 Å². The number of imidazole rings is 1. The lowest BCUT2D eigenvalue weighted by Gasteiger charge is -2.19. The van der Waals surface area contributed by atoms with Crippen molar-refractivity contribution in [3.05, 3.63) is 113 Å². The van der Waals surface area contributed by atoms with Crippen molar-refractivity contribution in [3.8, 4) is 16.9 Å². The van der Waals surface area contributed by atoms with Gasteiger partial charge in [0, 0.05) is 25.2 Å². The monoisotopic (exact) mass is 591 g/mol. The third kappa shape index (κ3) is 6.69. The minimum atomic E-state index is -4.40. The third-order valence-corrected chi connectivity index (χ3v) is 7.25. The van der Waals surface area contributed by atoms with E-state index in [1.165, 1.54) is 18.2 Å². The van der Waals surface area contributed by atoms with Crippen molar-refractivity contribution in [2.24, 2.45) is 5.41 Å². The Hall–Kier alpha value is -4.73. The minimum absolute atomic E-state index is 0.0733. The highest BCUT2D eigenvalue weighted by Gasteiger charge is 2.31. The second-order valence-electron chi connectivity index (χ2n) is 11.1. The van der Waals surface area contributed by atoms with Crippen molar-refractivity contribution < 1.29 is 32.2 Å². The first kappa shape index (κ1) is 29.8. The van der Waals surface area contributed by atoms with Gasteiger partial charge < -0.3 is 14.4 Å². The van der Waals surface area contributed by atoms with Crippen molar-refractivity contribution in [2.75, 3.05) is 0 Å². The van der Waals surface area contributed by atoms with Crippen LogP contribution in [0.1, 0.15) is 42.1 Å². The Morgan fingerprint density at radius 1 is 0.953 bits per heavy atom. The Bertz CT molecular complexity index is 1780. The molecule has 5 aromatic rings. The van der Waals surface area contributed by atoms with E-state index in [1.54, 1.807) is 45.2 Å². The molecule has 10 heteroatoms. The molecule has 2 heterocycles. The molecule has 0 spiro atoms. The molecule has 0 aliphatic heterocycles. The lowest BCUT2D eigenvalue weighted by molar-refractivity contribution is -0.147. The molecule has 0 radical (unpaired) electrons. The molecule has 0 saturated heterocycles. The molecule has 222 valence electrons. The predicted octanol–water partition coefficient (Wildman–Crippen LogP) is 7.85. The topological polar surface area (TPSA) is 77.2 Å². The van der Waals surface area contributed by atoms with Crippen LogP contribution >= 0.6 is 0 Å². The fourth-order valence-electron chi connectivity index (χ4n) is 4.68. The van der Waals surface area contributed by atoms with Crippen LogP contribution in [0.5, 0.6) is 5.75 Å². The maximum Gasteiger partial charge on any atom is 0.416 e. The number of hydrogen-bond acceptors (Lipinski definition) is 4. The maximum absolute atomic E-state index is 14.3. The molecule has 0 aliphatic rings. The molecule has 6 nitrogen and oxygen atoms in total. The first-order valence-electron chi connectivity index (χ1n) is 13.5. The molecule has 0 aliphatic carbocycles. The van der Waals surface area contributed by atoms with E-state index in [4.69, 9.17) is 9.72 Å². The molecule has 3 aromatic carbocycles. The van der Waals surface area contributed by atoms with Gasteiger partial charge in [0.25, 0.3) is 0 Å². The van der Waals surface area contributed by atoms with Gasteiger partial charge >= 0.3 is 12.1 Å². The third-order valence-electron chi connectivity index (χ3n) is 7.25. The van der Waals surface area contributed by atoms with E-state index in [0.29, 0.717) is 40.3 Å². The number of halogens is 4. The predicted molar refractivity (Wildman–Crippen MR) is 154 cm³/mol. The summed E-state index contributed by atoms with van der Waals surface area (Å²) in [5.74, 6) is -0.373. The van der Waals surface area contributed by atoms with Crippen LogP contribution < -0.4 is 4.74 Å². The van der Waals surface area contributed by atoms with Crippen LogP contribution in [0.4, 0.5) is 17.6 Å². The van der Waals surface area contributed by atoms with Crippen LogP contribution in [0.15, 0.2) is 79.0 Å². The number of carbonyl (C=O) groups is 1. The zero-order valence-electron chi connectivity index (χ0n) is 23.7. The summed E-state index contributed by atoms with van der Waals surface area (Å²) in [5, 5.41) is 9.76. The molecule has 0 fully saturated rings. The number of hydrogen-bond donors (Lipinski definition) is 1. The average molecular weight is 592 g/mol. The summed E-state index contributed by atoms with van der Waals surface area (Å²) in [7, 11) is 0. The number of benzene rings is 3. The summed E-state index contributed by atoms with van der Waals surface area (Å²) >= 11 is 0. The van der Waals surface area contributed by atoms with E-state index in [2.05, 4.69) is 4.98 Å². The van der Waals surface area contributed by atoms with Crippen LogP contribution in [0.2, 0.25) is 0 Å². The first-order chi connectivity index (χ1) is 20.3. The Kier molecular flexibility index (Phi) is 7.96. The van der Waals surface area contributed by atoms with E-state index < -0.39 is 28.9 Å². The van der Waals surface area contributed by atoms with Gasteiger partial charge in [-0.3, -0.25) is 9.78 Å². The summed E-state index contributed by atoms with van der Waals surface area (Å²) < 4.78 is 60.9. The molecule has 0 unspecified atom stereocenters. The Morgan fingerprint density at radius 3 is 2.21 bits per heavy atom. The molecule has 5 rings (SSSR count). The highest BCUT2D eigenvalue weighted by Crippen LogP contribution is 2.32. The standard InChI is InChI=1S/C33H29F4N3O3/c1-20-14-26(34)28(38-17-20)19-43-25-12-13-27-29(15-25)40(30(39-27)16-32(2,3)31(41)42)18-21-4-6-22(7-5-21)23-8-10-24(11-9-23)33(35,36)37/h4-15,17H,16,18-19H2,1-3H3,(H,41,42). The van der Waals surface area contributed by atoms with Gasteiger partial charge in [0.15, 0.2) is 0 Å². The highest BCUT2D eigenvalue weighted by atomic mass is 19.4. The first-order valence-corrected chi connectivity index (χ1v) is 13.5. The number of pyridine rings is 1. The fraction of sp³-hybridized carbons (Fsp3) is 0.242. The largest absolute Gasteiger partial charge is 0.487 e. The molecule has 2 aromatic heterocycles. The number of alkyl halides is 3. The normalized spacial score (nSPS) is 12.1. The Morgan fingerprint density at radius 2 is 1.60 bits per heavy atom. The van der Waals surface area contributed by atoms with Gasteiger partial charge in [-0.2, -0.15) is 13.2 Å². The number of fused-ring (bicyclic) bond motifs is 1. The van der Waals surface area contributed by atoms with E-state index in [0.717, 1.165) is 23.3 Å². The van der Waals surface area contributed by atoms with Crippen molar-refractivity contribution in [2.45, 2.75) is 46.5 Å². The van der Waals surface area contributed by atoms with Crippen LogP contribution in [0, 0.1) is 18.2 Å². The van der Waals surface area contributed by atoms with Gasteiger partial charge in [0.1, 0.15) is 29.7 Å². The summed E-state index contributed by atoms with van der Waals surface area (Å²) in [6, 6.07) is 19.0. The number of aryl methyl sites for hydroxylation is 1. The van der Waals surface area contributed by atoms with Crippen molar-refractivity contribution in [1.29, 1.82) is 0 Å². The quantitative estimate of drug-likeness (QED) is 0.177. The van der Waals surface area contributed by atoms with Crippen molar-refractivity contribution in [1.82, 2.24) is 14.5 Å². The summed E-state index contributed by atoms with van der Waals surface area (Å²) in [4.78, 5) is 20.8. The van der Waals surface area contributed by atoms with E-state index in [-0.39, 0.29) is 18.7 Å². The van der Waals surface area contributed by atoms with Crippen LogP contribution in [0.25, 0.3) is 22.2 Å². The number of aliphatic carboxylic acids is 1. The number of ether oxygens (including phenoxy) is 1. The van der Waals surface area contributed by atoms with Crippen LogP contribution in [-0.4, -0.2) is 25.6 Å². The zero-order chi connectivity index (χ0) is 30.9. The lowest BCUT2D eigenvalue weighted by Crippen LogP contribution is -2.27. The summed E-state index contributed by atoms with van der Waals surface area (Å²) in [6.45, 7) is 5.30. The number of nitrogens with zero attached hydrogens (tertiary/aromatic N) is 3. The highest BCUT2D eigenvalue weighted by molar-refractivity contribution is 5.79. The summed E-state index contributed by atoms with van der Waals surface area (Å²) in [5.41, 5.74) is 2.72. The molecule has 0 saturated carbocycles. The minimum Gasteiger partial charge on any atom is -0.487 e. The SMILES string of the molecule is Cc1cnc(COc2ccc3nc(CC(C)(C)C(=O)O)n(Cc4ccc(-c5ccc(C(F)(F)F)cc5)cc4)c3c2)c(F)c1. The van der Waals surface area contributed by atoms with Gasteiger partial charge in [0.2, 0.25) is 0 Å². The van der Waals surface area contributed by atoms with Crippen molar-refractivity contribution in [3.63, 3.8) is 0 Å². The summed E-state index contributed by atoms with van der Waals surface area (Å²) in [6.07, 6.45) is -2.67. The number of aromatic nitrogens is 3. The van der Waals surface area contributed by atoms with E-state index in [9.17, 15) is 27.5 Å². The average Bonchev–Trinajstić information content (AvgIpc) is 3.27. The second kappa shape index (κ2) is 11.5. The van der Waals surface area contributed by atoms with Crippen molar-refractivity contribution >= 4 is 17.0 Å². The van der Waals surface area contributed by atoms with Gasteiger partial charge in [0.05, 0.1) is 22.0 Å². The molecule has 0 amide bonds. The molecule has 0 bridgehead atoms. The fourth-order valence-corrected chi connectivity index (χ4v) is 4.68. The molecular formula is C33H29F4N3O3. The molecule has 43 heavy (non-hydrogen) atoms. The zero-order valence-corrected chi connectivity index (χ0v) is 23.7. The second-order valence-corrected chi connectivity index (χ2v) is 11.1. The van der Waals surface area contributed by atoms with Gasteiger partial charge in [-0.05, 0) is 73.4 Å².